The van der Waals surface area contributed by atoms with Crippen LogP contribution >= 0.6 is 0 Å². The van der Waals surface area contributed by atoms with Crippen molar-refractivity contribution < 1.29 is 0 Å². The molecule has 3 rings (SSSR count). The van der Waals surface area contributed by atoms with Crippen molar-refractivity contribution in [3.05, 3.63) is 12.7 Å². The van der Waals surface area contributed by atoms with Gasteiger partial charge in [0.2, 0.25) is 0 Å². The monoisotopic (exact) mass is 218 g/mol. The minimum absolute atomic E-state index is 0.393. The molecule has 0 saturated heterocycles. The predicted molar refractivity (Wildman–Crippen MR) is 60.9 cm³/mol. The highest BCUT2D eigenvalue weighted by molar-refractivity contribution is 5.81. The quantitative estimate of drug-likeness (QED) is 0.697. The zero-order chi connectivity index (χ0) is 11.0. The van der Waals surface area contributed by atoms with E-state index in [-0.39, 0.29) is 0 Å². The number of hydrogen-bond acceptors (Lipinski definition) is 5. The Morgan fingerprint density at radius 3 is 3.06 bits per heavy atom. The second-order valence-corrected chi connectivity index (χ2v) is 4.30. The molecule has 0 atom stereocenters. The maximum absolute atomic E-state index is 5.74. The predicted octanol–water partition coefficient (Wildman–Crippen LogP) is 0.502. The Labute approximate surface area is 92.7 Å². The first-order valence-corrected chi connectivity index (χ1v) is 5.46. The molecule has 2 aromatic rings. The molecule has 0 spiro atoms. The number of aromatic nitrogens is 4. The number of nitrogens with two attached hydrogens (primary N) is 1. The molecule has 1 aliphatic rings. The SMILES string of the molecule is NC1CC(CNc2ncnc3nc[nH]c23)C1. The molecule has 0 bridgehead atoms. The summed E-state index contributed by atoms with van der Waals surface area (Å²) in [6.07, 6.45) is 5.36. The number of imidazole rings is 1. The van der Waals surface area contributed by atoms with Crippen molar-refractivity contribution in [2.45, 2.75) is 18.9 Å². The second kappa shape index (κ2) is 3.71. The van der Waals surface area contributed by atoms with Crippen LogP contribution in [0, 0.1) is 5.92 Å². The van der Waals surface area contributed by atoms with E-state index in [1.54, 1.807) is 6.33 Å². The molecule has 1 aliphatic carbocycles. The van der Waals surface area contributed by atoms with E-state index in [1.807, 2.05) is 0 Å². The van der Waals surface area contributed by atoms with Crippen molar-refractivity contribution in [1.82, 2.24) is 19.9 Å². The van der Waals surface area contributed by atoms with Crippen LogP contribution in [0.5, 0.6) is 0 Å². The van der Waals surface area contributed by atoms with Crippen molar-refractivity contribution in [3.63, 3.8) is 0 Å². The maximum Gasteiger partial charge on any atom is 0.182 e. The Morgan fingerprint density at radius 1 is 1.38 bits per heavy atom. The van der Waals surface area contributed by atoms with Gasteiger partial charge in [-0.25, -0.2) is 15.0 Å². The molecule has 2 aromatic heterocycles. The average Bonchev–Trinajstić information content (AvgIpc) is 2.71. The van der Waals surface area contributed by atoms with Crippen LogP contribution in [0.15, 0.2) is 12.7 Å². The molecule has 6 heteroatoms. The summed E-state index contributed by atoms with van der Waals surface area (Å²) >= 11 is 0. The van der Waals surface area contributed by atoms with Gasteiger partial charge in [-0.2, -0.15) is 0 Å². The number of nitrogens with one attached hydrogen (secondary N) is 2. The van der Waals surface area contributed by atoms with Gasteiger partial charge in [0.25, 0.3) is 0 Å². The van der Waals surface area contributed by atoms with E-state index in [9.17, 15) is 0 Å². The lowest BCUT2D eigenvalue weighted by Gasteiger charge is -2.32. The Kier molecular flexibility index (Phi) is 2.21. The average molecular weight is 218 g/mol. The van der Waals surface area contributed by atoms with Crippen LogP contribution in [0.3, 0.4) is 0 Å². The van der Waals surface area contributed by atoms with E-state index < -0.39 is 0 Å². The lowest BCUT2D eigenvalue weighted by Crippen LogP contribution is -2.39. The van der Waals surface area contributed by atoms with Gasteiger partial charge in [0.15, 0.2) is 11.5 Å². The third kappa shape index (κ3) is 1.61. The summed E-state index contributed by atoms with van der Waals surface area (Å²) in [6, 6.07) is 0.393. The minimum Gasteiger partial charge on any atom is -0.368 e. The molecule has 0 unspecified atom stereocenters. The number of aromatic amines is 1. The van der Waals surface area contributed by atoms with Gasteiger partial charge in [0.05, 0.1) is 6.33 Å². The van der Waals surface area contributed by atoms with E-state index in [0.29, 0.717) is 17.6 Å². The van der Waals surface area contributed by atoms with E-state index in [2.05, 4.69) is 25.3 Å². The number of hydrogen-bond donors (Lipinski definition) is 3. The van der Waals surface area contributed by atoms with Crippen LogP contribution in [0.4, 0.5) is 5.82 Å². The van der Waals surface area contributed by atoms with Gasteiger partial charge in [0.1, 0.15) is 11.8 Å². The van der Waals surface area contributed by atoms with E-state index in [1.165, 1.54) is 6.33 Å². The molecule has 2 heterocycles. The summed E-state index contributed by atoms with van der Waals surface area (Å²) in [6.45, 7) is 0.916. The first kappa shape index (κ1) is 9.53. The van der Waals surface area contributed by atoms with Crippen LogP contribution in [0.2, 0.25) is 0 Å². The third-order valence-corrected chi connectivity index (χ3v) is 3.05. The molecular formula is C10H14N6. The van der Waals surface area contributed by atoms with Crippen LogP contribution in [-0.2, 0) is 0 Å². The van der Waals surface area contributed by atoms with Gasteiger partial charge in [-0.1, -0.05) is 0 Å². The summed E-state index contributed by atoms with van der Waals surface area (Å²) in [4.78, 5) is 15.4. The van der Waals surface area contributed by atoms with Crippen LogP contribution in [0.1, 0.15) is 12.8 Å². The minimum atomic E-state index is 0.393. The van der Waals surface area contributed by atoms with Crippen LogP contribution in [0.25, 0.3) is 11.2 Å². The molecule has 0 amide bonds. The Bertz CT molecular complexity index is 487. The number of H-pyrrole nitrogens is 1. The summed E-state index contributed by atoms with van der Waals surface area (Å²) in [7, 11) is 0. The molecule has 6 nitrogen and oxygen atoms in total. The fraction of sp³-hybridized carbons (Fsp3) is 0.500. The van der Waals surface area contributed by atoms with Crippen molar-refractivity contribution in [2.24, 2.45) is 11.7 Å². The highest BCUT2D eigenvalue weighted by Gasteiger charge is 2.25. The van der Waals surface area contributed by atoms with Gasteiger partial charge < -0.3 is 16.0 Å². The number of nitrogens with zero attached hydrogens (tertiary/aromatic N) is 3. The highest BCUT2D eigenvalue weighted by atomic mass is 15.1. The number of fused-ring (bicyclic) bond motifs is 1. The molecule has 0 aromatic carbocycles. The molecule has 4 N–H and O–H groups in total. The van der Waals surface area contributed by atoms with Gasteiger partial charge in [0, 0.05) is 12.6 Å². The second-order valence-electron chi connectivity index (χ2n) is 4.30. The van der Waals surface area contributed by atoms with E-state index >= 15 is 0 Å². The first-order chi connectivity index (χ1) is 7.83. The van der Waals surface area contributed by atoms with Gasteiger partial charge >= 0.3 is 0 Å². The molecule has 1 fully saturated rings. The van der Waals surface area contributed by atoms with Gasteiger partial charge in [-0.05, 0) is 18.8 Å². The smallest absolute Gasteiger partial charge is 0.182 e. The Balaban J connectivity index is 1.71. The molecule has 0 radical (unpaired) electrons. The molecule has 1 saturated carbocycles. The molecule has 84 valence electrons. The highest BCUT2D eigenvalue weighted by Crippen LogP contribution is 2.26. The van der Waals surface area contributed by atoms with Gasteiger partial charge in [-0.3, -0.25) is 0 Å². The molecule has 0 aliphatic heterocycles. The largest absolute Gasteiger partial charge is 0.368 e. The van der Waals surface area contributed by atoms with Crippen molar-refractivity contribution in [3.8, 4) is 0 Å². The van der Waals surface area contributed by atoms with Crippen LogP contribution < -0.4 is 11.1 Å². The van der Waals surface area contributed by atoms with Crippen molar-refractivity contribution >= 4 is 17.0 Å². The van der Waals surface area contributed by atoms with E-state index in [0.717, 1.165) is 30.7 Å². The lowest BCUT2D eigenvalue weighted by atomic mass is 9.81. The number of rotatable bonds is 3. The lowest BCUT2D eigenvalue weighted by molar-refractivity contribution is 0.280. The Hall–Kier alpha value is -1.69. The fourth-order valence-electron chi connectivity index (χ4n) is 2.09. The maximum atomic E-state index is 5.74. The topological polar surface area (TPSA) is 92.5 Å². The van der Waals surface area contributed by atoms with E-state index in [4.69, 9.17) is 5.73 Å². The summed E-state index contributed by atoms with van der Waals surface area (Å²) in [5, 5.41) is 3.32. The summed E-state index contributed by atoms with van der Waals surface area (Å²) in [5.74, 6) is 1.49. The van der Waals surface area contributed by atoms with Crippen molar-refractivity contribution in [2.75, 3.05) is 11.9 Å². The van der Waals surface area contributed by atoms with Crippen molar-refractivity contribution in [1.29, 1.82) is 0 Å². The zero-order valence-electron chi connectivity index (χ0n) is 8.85. The normalized spacial score (nSPS) is 24.3. The zero-order valence-corrected chi connectivity index (χ0v) is 8.85. The number of anilines is 1. The van der Waals surface area contributed by atoms with Crippen LogP contribution in [-0.4, -0.2) is 32.5 Å². The van der Waals surface area contributed by atoms with Gasteiger partial charge in [-0.15, -0.1) is 0 Å². The standard InChI is InChI=1S/C10H14N6/c11-7-1-6(2-7)3-12-9-8-10(14-4-13-8)16-5-15-9/h4-7H,1-3,11H2,(H2,12,13,14,15,16). The molecule has 16 heavy (non-hydrogen) atoms. The molecular weight excluding hydrogens is 204 g/mol. The Morgan fingerprint density at radius 2 is 2.25 bits per heavy atom. The fourth-order valence-corrected chi connectivity index (χ4v) is 2.09. The third-order valence-electron chi connectivity index (χ3n) is 3.05. The summed E-state index contributed by atoms with van der Waals surface area (Å²) < 4.78 is 0. The summed E-state index contributed by atoms with van der Waals surface area (Å²) in [5.41, 5.74) is 7.31. The first-order valence-electron chi connectivity index (χ1n) is 5.46.